The van der Waals surface area contributed by atoms with Crippen molar-refractivity contribution in [2.45, 2.75) is 44.6 Å². The monoisotopic (exact) mass is 343 g/mol. The van der Waals surface area contributed by atoms with Gasteiger partial charge >= 0.3 is 0 Å². The van der Waals surface area contributed by atoms with Crippen molar-refractivity contribution in [1.29, 1.82) is 0 Å². The minimum Gasteiger partial charge on any atom is -0.342 e. The standard InChI is InChI=1S/C19H25N3OS/c23-18(21-11-5-1-2-6-12-21)14-22-13-7-9-16(22)19-20-15-8-3-4-10-17(15)24-19/h3-4,8,10,16H,1-2,5-7,9,11-14H2/t16-/m1/s1. The zero-order valence-electron chi connectivity index (χ0n) is 14.1. The molecule has 0 aliphatic carbocycles. The largest absolute Gasteiger partial charge is 0.342 e. The van der Waals surface area contributed by atoms with E-state index in [1.807, 2.05) is 6.07 Å². The highest BCUT2D eigenvalue weighted by atomic mass is 32.1. The first kappa shape index (κ1) is 16.0. The quantitative estimate of drug-likeness (QED) is 0.850. The molecule has 2 fully saturated rings. The summed E-state index contributed by atoms with van der Waals surface area (Å²) in [5, 5.41) is 1.18. The maximum atomic E-state index is 12.7. The van der Waals surface area contributed by atoms with Crippen LogP contribution in [-0.2, 0) is 4.79 Å². The van der Waals surface area contributed by atoms with E-state index in [4.69, 9.17) is 4.98 Å². The zero-order chi connectivity index (χ0) is 16.4. The first-order valence-corrected chi connectivity index (χ1v) is 10.0. The van der Waals surface area contributed by atoms with E-state index in [-0.39, 0.29) is 0 Å². The van der Waals surface area contributed by atoms with Crippen molar-refractivity contribution in [2.75, 3.05) is 26.2 Å². The Bertz CT molecular complexity index is 672. The molecule has 0 saturated carbocycles. The second-order valence-corrected chi connectivity index (χ2v) is 8.01. The van der Waals surface area contributed by atoms with Crippen LogP contribution in [0.1, 0.15) is 49.6 Å². The maximum absolute atomic E-state index is 12.7. The Morgan fingerprint density at radius 2 is 1.88 bits per heavy atom. The van der Waals surface area contributed by atoms with Gasteiger partial charge in [-0.3, -0.25) is 9.69 Å². The molecule has 2 aliphatic rings. The summed E-state index contributed by atoms with van der Waals surface area (Å²) in [6.07, 6.45) is 7.13. The van der Waals surface area contributed by atoms with Crippen molar-refractivity contribution in [3.05, 3.63) is 29.3 Å². The molecule has 1 amide bonds. The number of carbonyl (C=O) groups excluding carboxylic acids is 1. The number of rotatable bonds is 3. The second-order valence-electron chi connectivity index (χ2n) is 6.94. The Kier molecular flexibility index (Phi) is 4.81. The Balaban J connectivity index is 1.47. The lowest BCUT2D eigenvalue weighted by Gasteiger charge is -2.26. The van der Waals surface area contributed by atoms with E-state index >= 15 is 0 Å². The molecule has 1 aromatic carbocycles. The minimum atomic E-state index is 0.310. The third-order valence-corrected chi connectivity index (χ3v) is 6.39. The van der Waals surface area contributed by atoms with Crippen molar-refractivity contribution < 1.29 is 4.79 Å². The molecule has 5 heteroatoms. The fourth-order valence-electron chi connectivity index (χ4n) is 3.92. The number of amides is 1. The van der Waals surface area contributed by atoms with Crippen LogP contribution in [0, 0.1) is 0 Å². The molecule has 2 aliphatic heterocycles. The fraction of sp³-hybridized carbons (Fsp3) is 0.579. The molecule has 24 heavy (non-hydrogen) atoms. The van der Waals surface area contributed by atoms with Crippen molar-refractivity contribution in [3.63, 3.8) is 0 Å². The van der Waals surface area contributed by atoms with Crippen LogP contribution in [-0.4, -0.2) is 46.9 Å². The van der Waals surface area contributed by atoms with E-state index in [2.05, 4.69) is 28.0 Å². The van der Waals surface area contributed by atoms with Gasteiger partial charge in [0.05, 0.1) is 22.8 Å². The van der Waals surface area contributed by atoms with Crippen molar-refractivity contribution in [1.82, 2.24) is 14.8 Å². The first-order valence-electron chi connectivity index (χ1n) is 9.18. The number of fused-ring (bicyclic) bond motifs is 1. The number of carbonyl (C=O) groups is 1. The highest BCUT2D eigenvalue weighted by Gasteiger charge is 2.31. The van der Waals surface area contributed by atoms with Gasteiger partial charge in [0.2, 0.25) is 5.91 Å². The molecular formula is C19H25N3OS. The lowest BCUT2D eigenvalue weighted by atomic mass is 10.2. The topological polar surface area (TPSA) is 36.4 Å². The van der Waals surface area contributed by atoms with Gasteiger partial charge in [-0.1, -0.05) is 25.0 Å². The predicted molar refractivity (Wildman–Crippen MR) is 98.2 cm³/mol. The smallest absolute Gasteiger partial charge is 0.236 e. The molecule has 0 unspecified atom stereocenters. The number of nitrogens with zero attached hydrogens (tertiary/aromatic N) is 3. The van der Waals surface area contributed by atoms with Crippen LogP contribution in [0.25, 0.3) is 10.2 Å². The number of likely N-dealkylation sites (tertiary alicyclic amines) is 2. The maximum Gasteiger partial charge on any atom is 0.236 e. The lowest BCUT2D eigenvalue weighted by Crippen LogP contribution is -2.40. The van der Waals surface area contributed by atoms with Crippen molar-refractivity contribution in [3.8, 4) is 0 Å². The van der Waals surface area contributed by atoms with Gasteiger partial charge in [0.1, 0.15) is 5.01 Å². The normalized spacial score (nSPS) is 22.8. The Morgan fingerprint density at radius 3 is 2.67 bits per heavy atom. The van der Waals surface area contributed by atoms with Gasteiger partial charge in [-0.2, -0.15) is 0 Å². The highest BCUT2D eigenvalue weighted by Crippen LogP contribution is 2.36. The zero-order valence-corrected chi connectivity index (χ0v) is 14.9. The SMILES string of the molecule is O=C(CN1CCC[C@@H]1c1nc2ccccc2s1)N1CCCCCC1. The molecule has 3 heterocycles. The van der Waals surface area contributed by atoms with E-state index in [0.717, 1.165) is 50.8 Å². The van der Waals surface area contributed by atoms with E-state index < -0.39 is 0 Å². The summed E-state index contributed by atoms with van der Waals surface area (Å²) in [6, 6.07) is 8.65. The Morgan fingerprint density at radius 1 is 1.08 bits per heavy atom. The second kappa shape index (κ2) is 7.19. The molecule has 4 rings (SSSR count). The highest BCUT2D eigenvalue weighted by molar-refractivity contribution is 7.18. The molecule has 0 N–H and O–H groups in total. The third kappa shape index (κ3) is 3.33. The summed E-state index contributed by atoms with van der Waals surface area (Å²) in [4.78, 5) is 22.0. The van der Waals surface area contributed by atoms with E-state index in [9.17, 15) is 4.79 Å². The summed E-state index contributed by atoms with van der Waals surface area (Å²) in [7, 11) is 0. The van der Waals surface area contributed by atoms with Gasteiger partial charge in [-0.05, 0) is 44.4 Å². The summed E-state index contributed by atoms with van der Waals surface area (Å²) in [6.45, 7) is 3.46. The number of hydrogen-bond donors (Lipinski definition) is 0. The molecule has 4 nitrogen and oxygen atoms in total. The summed E-state index contributed by atoms with van der Waals surface area (Å²) < 4.78 is 1.25. The molecule has 0 spiro atoms. The van der Waals surface area contributed by atoms with Crippen LogP contribution in [0.5, 0.6) is 0 Å². The van der Waals surface area contributed by atoms with Crippen LogP contribution >= 0.6 is 11.3 Å². The van der Waals surface area contributed by atoms with Crippen molar-refractivity contribution in [2.24, 2.45) is 0 Å². The van der Waals surface area contributed by atoms with E-state index in [0.29, 0.717) is 18.5 Å². The van der Waals surface area contributed by atoms with Crippen LogP contribution < -0.4 is 0 Å². The average Bonchev–Trinajstić information content (AvgIpc) is 3.12. The number of hydrogen-bond acceptors (Lipinski definition) is 4. The van der Waals surface area contributed by atoms with E-state index in [1.54, 1.807) is 11.3 Å². The van der Waals surface area contributed by atoms with Crippen LogP contribution in [0.4, 0.5) is 0 Å². The summed E-state index contributed by atoms with van der Waals surface area (Å²) in [5.74, 6) is 0.310. The van der Waals surface area contributed by atoms with Crippen molar-refractivity contribution >= 4 is 27.5 Å². The van der Waals surface area contributed by atoms with Gasteiger partial charge in [-0.15, -0.1) is 11.3 Å². The molecule has 2 saturated heterocycles. The van der Waals surface area contributed by atoms with E-state index in [1.165, 1.54) is 22.5 Å². The van der Waals surface area contributed by atoms with Crippen LogP contribution in [0.2, 0.25) is 0 Å². The van der Waals surface area contributed by atoms with Gasteiger partial charge < -0.3 is 4.90 Å². The number of aromatic nitrogens is 1. The van der Waals surface area contributed by atoms with Crippen LogP contribution in [0.15, 0.2) is 24.3 Å². The minimum absolute atomic E-state index is 0.310. The first-order chi connectivity index (χ1) is 11.8. The van der Waals surface area contributed by atoms with Gasteiger partial charge in [0, 0.05) is 13.1 Å². The average molecular weight is 343 g/mol. The molecule has 0 radical (unpaired) electrons. The molecule has 0 bridgehead atoms. The molecule has 2 aromatic rings. The fourth-order valence-corrected chi connectivity index (χ4v) is 5.06. The summed E-state index contributed by atoms with van der Waals surface area (Å²) in [5.41, 5.74) is 1.09. The molecular weight excluding hydrogens is 318 g/mol. The number of thiazole rings is 1. The van der Waals surface area contributed by atoms with Gasteiger partial charge in [0.15, 0.2) is 0 Å². The molecule has 1 aromatic heterocycles. The Hall–Kier alpha value is -1.46. The molecule has 1 atom stereocenters. The number of benzene rings is 1. The third-order valence-electron chi connectivity index (χ3n) is 5.26. The number of para-hydroxylation sites is 1. The lowest BCUT2D eigenvalue weighted by molar-refractivity contribution is -0.132. The van der Waals surface area contributed by atoms with Crippen LogP contribution in [0.3, 0.4) is 0 Å². The molecule has 128 valence electrons. The van der Waals surface area contributed by atoms with Gasteiger partial charge in [-0.25, -0.2) is 4.98 Å². The summed E-state index contributed by atoms with van der Waals surface area (Å²) >= 11 is 1.79. The van der Waals surface area contributed by atoms with Gasteiger partial charge in [0.25, 0.3) is 0 Å². The Labute approximate surface area is 147 Å². The predicted octanol–water partition coefficient (Wildman–Crippen LogP) is 3.84.